The molecule has 4 rings (SSSR count). The summed E-state index contributed by atoms with van der Waals surface area (Å²) in [5.74, 6) is 13.0. The fraction of sp³-hybridized carbons (Fsp3) is 0.364. The monoisotopic (exact) mass is 580 g/mol. The van der Waals surface area contributed by atoms with Crippen molar-refractivity contribution in [2.75, 3.05) is 0 Å². The highest BCUT2D eigenvalue weighted by Gasteiger charge is 2.15. The molecule has 44 heavy (non-hydrogen) atoms. The molecule has 0 aliphatic carbocycles. The van der Waals surface area contributed by atoms with Gasteiger partial charge in [-0.3, -0.25) is 0 Å². The second-order valence-electron chi connectivity index (χ2n) is 15.8. The topological polar surface area (TPSA) is 0 Å². The molecule has 0 aliphatic rings. The molecule has 0 saturated heterocycles. The third-order valence-electron chi connectivity index (χ3n) is 7.71. The van der Waals surface area contributed by atoms with Gasteiger partial charge in [-0.15, -0.1) is 0 Å². The van der Waals surface area contributed by atoms with Crippen molar-refractivity contribution >= 4 is 0 Å². The first-order chi connectivity index (χ1) is 20.3. The summed E-state index contributed by atoms with van der Waals surface area (Å²) < 4.78 is 0. The molecule has 0 spiro atoms. The zero-order chi connectivity index (χ0) is 32.8. The highest BCUT2D eigenvalue weighted by atomic mass is 14.2. The molecule has 0 aliphatic heterocycles. The molecule has 4 aromatic rings. The van der Waals surface area contributed by atoms with Gasteiger partial charge in [0.15, 0.2) is 0 Å². The highest BCUT2D eigenvalue weighted by molar-refractivity contribution is 5.46. The van der Waals surface area contributed by atoms with Crippen molar-refractivity contribution in [3.8, 4) is 23.7 Å². The van der Waals surface area contributed by atoms with Gasteiger partial charge in [0.1, 0.15) is 0 Å². The molecule has 0 heteroatoms. The lowest BCUT2D eigenvalue weighted by Crippen LogP contribution is -2.10. The lowest BCUT2D eigenvalue weighted by Gasteiger charge is -2.18. The zero-order valence-corrected chi connectivity index (χ0v) is 29.2. The van der Waals surface area contributed by atoms with Crippen molar-refractivity contribution in [2.45, 2.75) is 105 Å². The first-order valence-electron chi connectivity index (χ1n) is 15.8. The summed E-state index contributed by atoms with van der Waals surface area (Å²) in [7, 11) is 0. The first kappa shape index (κ1) is 34.5. The number of hydrogen-bond donors (Lipinski definition) is 0. The molecule has 0 N–H and O–H groups in total. The number of benzene rings is 4. The van der Waals surface area contributed by atoms with E-state index in [1.807, 2.05) is 0 Å². The second kappa shape index (κ2) is 13.7. The molecule has 0 nitrogen and oxygen atoms in total. The molecule has 0 heterocycles. The van der Waals surface area contributed by atoms with Crippen LogP contribution in [0.25, 0.3) is 0 Å². The average Bonchev–Trinajstić information content (AvgIpc) is 2.94. The Bertz CT molecular complexity index is 1360. The molecule has 0 atom stereocenters. The van der Waals surface area contributed by atoms with Gasteiger partial charge in [0.2, 0.25) is 0 Å². The minimum atomic E-state index is 0.189. The molecule has 0 unspecified atom stereocenters. The van der Waals surface area contributed by atoms with Gasteiger partial charge >= 0.3 is 0 Å². The summed E-state index contributed by atoms with van der Waals surface area (Å²) in [5.41, 5.74) is 10.4. The lowest BCUT2D eigenvalue weighted by molar-refractivity contribution is 0.590. The van der Waals surface area contributed by atoms with Crippen LogP contribution in [0.2, 0.25) is 0 Å². The Balaban J connectivity index is 0.000000240. The Morgan fingerprint density at radius 1 is 0.250 bits per heavy atom. The van der Waals surface area contributed by atoms with E-state index >= 15 is 0 Å². The molecule has 0 radical (unpaired) electrons. The summed E-state index contributed by atoms with van der Waals surface area (Å²) >= 11 is 0. The fourth-order valence-electron chi connectivity index (χ4n) is 4.50. The third kappa shape index (κ3) is 10.6. The Morgan fingerprint density at radius 2 is 0.386 bits per heavy atom. The molecule has 0 bridgehead atoms. The smallest absolute Gasteiger partial charge is 0.0249 e. The lowest BCUT2D eigenvalue weighted by atomic mass is 9.86. The van der Waals surface area contributed by atoms with E-state index in [1.165, 1.54) is 22.3 Å². The summed E-state index contributed by atoms with van der Waals surface area (Å²) in [6, 6.07) is 34.3. The van der Waals surface area contributed by atoms with Crippen molar-refractivity contribution < 1.29 is 0 Å². The van der Waals surface area contributed by atoms with E-state index in [2.05, 4.69) is 204 Å². The van der Waals surface area contributed by atoms with Crippen molar-refractivity contribution in [1.82, 2.24) is 0 Å². The van der Waals surface area contributed by atoms with Crippen LogP contribution in [0.3, 0.4) is 0 Å². The fourth-order valence-corrected chi connectivity index (χ4v) is 4.50. The molecule has 0 amide bonds. The van der Waals surface area contributed by atoms with Gasteiger partial charge in [-0.25, -0.2) is 0 Å². The van der Waals surface area contributed by atoms with Crippen molar-refractivity contribution in [2.24, 2.45) is 0 Å². The Hall–Kier alpha value is -4.00. The predicted molar refractivity (Wildman–Crippen MR) is 193 cm³/mol. The normalized spacial score (nSPS) is 11.7. The second-order valence-corrected chi connectivity index (χ2v) is 15.8. The van der Waals surface area contributed by atoms with E-state index in [-0.39, 0.29) is 21.7 Å². The number of hydrogen-bond acceptors (Lipinski definition) is 0. The van der Waals surface area contributed by atoms with E-state index in [0.717, 1.165) is 22.3 Å². The predicted octanol–water partition coefficient (Wildman–Crippen LogP) is 11.4. The van der Waals surface area contributed by atoms with Crippen LogP contribution in [0, 0.1) is 23.7 Å². The summed E-state index contributed by atoms with van der Waals surface area (Å²) in [5, 5.41) is 0. The maximum absolute atomic E-state index is 3.25. The van der Waals surface area contributed by atoms with Gasteiger partial charge in [0, 0.05) is 22.3 Å². The van der Waals surface area contributed by atoms with E-state index < -0.39 is 0 Å². The summed E-state index contributed by atoms with van der Waals surface area (Å²) in [4.78, 5) is 0. The number of rotatable bonds is 0. The molecular weight excluding hydrogens is 528 g/mol. The van der Waals surface area contributed by atoms with Crippen molar-refractivity contribution in [3.63, 3.8) is 0 Å². The standard InChI is InChI=1S/2C22H26/c2*1-21(2,3)19-13-9-17(10-14-19)7-8-18-11-15-20(16-12-18)22(4,5)6/h2*9-16H,1-6H3. The SMILES string of the molecule is CC(C)(C)c1ccc(C#Cc2ccc(C(C)(C)C)cc2)cc1.CC(C)(C)c1ccc(C#Cc2ccc(C(C)(C)C)cc2)cc1. The Labute approximate surface area is 269 Å². The molecular formula is C44H52. The van der Waals surface area contributed by atoms with Gasteiger partial charge in [-0.2, -0.15) is 0 Å². The first-order valence-corrected chi connectivity index (χ1v) is 15.8. The van der Waals surface area contributed by atoms with Gasteiger partial charge in [-0.1, -0.05) is 155 Å². The molecule has 0 aromatic heterocycles. The van der Waals surface area contributed by atoms with E-state index in [4.69, 9.17) is 0 Å². The van der Waals surface area contributed by atoms with Crippen LogP contribution in [0.4, 0.5) is 0 Å². The Morgan fingerprint density at radius 3 is 0.500 bits per heavy atom. The largest absolute Gasteiger partial charge is 0.0617 e. The van der Waals surface area contributed by atoms with Crippen LogP contribution in [0.5, 0.6) is 0 Å². The third-order valence-corrected chi connectivity index (χ3v) is 7.71. The quantitative estimate of drug-likeness (QED) is 0.181. The van der Waals surface area contributed by atoms with Crippen LogP contribution in [0.1, 0.15) is 128 Å². The molecule has 0 fully saturated rings. The van der Waals surface area contributed by atoms with E-state index in [9.17, 15) is 0 Å². The van der Waals surface area contributed by atoms with Gasteiger partial charge in [-0.05, 0) is 92.4 Å². The summed E-state index contributed by atoms with van der Waals surface area (Å²) in [6.07, 6.45) is 0. The Kier molecular flexibility index (Phi) is 10.8. The van der Waals surface area contributed by atoms with Gasteiger partial charge < -0.3 is 0 Å². The van der Waals surface area contributed by atoms with Crippen molar-refractivity contribution in [3.05, 3.63) is 142 Å². The molecule has 228 valence electrons. The maximum Gasteiger partial charge on any atom is 0.0249 e. The van der Waals surface area contributed by atoms with Gasteiger partial charge in [0.25, 0.3) is 0 Å². The van der Waals surface area contributed by atoms with E-state index in [0.29, 0.717) is 0 Å². The van der Waals surface area contributed by atoms with Crippen LogP contribution >= 0.6 is 0 Å². The zero-order valence-electron chi connectivity index (χ0n) is 29.2. The van der Waals surface area contributed by atoms with E-state index in [1.54, 1.807) is 0 Å². The van der Waals surface area contributed by atoms with Gasteiger partial charge in [0.05, 0.1) is 0 Å². The molecule has 0 saturated carbocycles. The molecule has 4 aromatic carbocycles. The minimum Gasteiger partial charge on any atom is -0.0617 e. The van der Waals surface area contributed by atoms with Crippen LogP contribution < -0.4 is 0 Å². The summed E-state index contributed by atoms with van der Waals surface area (Å²) in [6.45, 7) is 26.7. The minimum absolute atomic E-state index is 0.189. The van der Waals surface area contributed by atoms with Crippen LogP contribution in [-0.2, 0) is 21.7 Å². The average molecular weight is 581 g/mol. The van der Waals surface area contributed by atoms with Crippen molar-refractivity contribution in [1.29, 1.82) is 0 Å². The van der Waals surface area contributed by atoms with Crippen LogP contribution in [-0.4, -0.2) is 0 Å². The van der Waals surface area contributed by atoms with Crippen LogP contribution in [0.15, 0.2) is 97.1 Å². The highest BCUT2D eigenvalue weighted by Crippen LogP contribution is 2.25. The maximum atomic E-state index is 3.25.